The van der Waals surface area contributed by atoms with Gasteiger partial charge in [0.1, 0.15) is 0 Å². The first-order valence-electron chi connectivity index (χ1n) is 5.17. The van der Waals surface area contributed by atoms with Gasteiger partial charge in [-0.3, -0.25) is 0 Å². The van der Waals surface area contributed by atoms with Crippen molar-refractivity contribution >= 4 is 0 Å². The summed E-state index contributed by atoms with van der Waals surface area (Å²) in [5.41, 5.74) is 0. The van der Waals surface area contributed by atoms with Crippen molar-refractivity contribution in [3.05, 3.63) is 0 Å². The fraction of sp³-hybridized carbons (Fsp3) is 1.00. The molecule has 1 aliphatic heterocycles. The maximum absolute atomic E-state index is 9.83. The van der Waals surface area contributed by atoms with Crippen LogP contribution in [0, 0.1) is 5.92 Å². The van der Waals surface area contributed by atoms with E-state index in [9.17, 15) is 5.11 Å². The van der Waals surface area contributed by atoms with E-state index in [1.807, 2.05) is 0 Å². The fourth-order valence-corrected chi connectivity index (χ4v) is 2.97. The largest absolute Gasteiger partial charge is 0.391 e. The maximum Gasteiger partial charge on any atom is 0.0698 e. The molecule has 0 amide bonds. The molecule has 1 saturated carbocycles. The summed E-state index contributed by atoms with van der Waals surface area (Å²) in [4.78, 5) is 2.36. The van der Waals surface area contributed by atoms with Crippen molar-refractivity contribution in [2.24, 2.45) is 5.92 Å². The number of hydrogen-bond acceptors (Lipinski definition) is 2. The number of likely N-dealkylation sites (N-methyl/N-ethyl adjacent to an activating group) is 1. The third-order valence-corrected chi connectivity index (χ3v) is 3.55. The number of aliphatic hydroxyl groups is 1. The highest BCUT2D eigenvalue weighted by molar-refractivity contribution is 4.91. The Bertz CT molecular complexity index is 144. The van der Waals surface area contributed by atoms with E-state index in [1.165, 1.54) is 32.2 Å². The van der Waals surface area contributed by atoms with Gasteiger partial charge in [0.25, 0.3) is 0 Å². The number of rotatable bonds is 0. The van der Waals surface area contributed by atoms with Crippen LogP contribution in [-0.2, 0) is 0 Å². The molecule has 0 aromatic rings. The standard InChI is InChI=1S/C10H19NO/c1-11-7-3-5-8-4-2-6-9(12)10(8)11/h8-10,12H,2-7H2,1H3/t8?,9-,10+/m1/s1. The Kier molecular flexibility index (Phi) is 2.37. The second-order valence-corrected chi connectivity index (χ2v) is 4.37. The van der Waals surface area contributed by atoms with Crippen LogP contribution in [0.25, 0.3) is 0 Å². The van der Waals surface area contributed by atoms with Crippen molar-refractivity contribution in [1.29, 1.82) is 0 Å². The van der Waals surface area contributed by atoms with Gasteiger partial charge in [0.05, 0.1) is 6.10 Å². The molecule has 12 heavy (non-hydrogen) atoms. The molecule has 0 aromatic carbocycles. The highest BCUT2D eigenvalue weighted by Gasteiger charge is 2.36. The molecule has 1 heterocycles. The minimum Gasteiger partial charge on any atom is -0.391 e. The third-order valence-electron chi connectivity index (χ3n) is 3.55. The van der Waals surface area contributed by atoms with Crippen molar-refractivity contribution in [3.8, 4) is 0 Å². The van der Waals surface area contributed by atoms with E-state index in [0.29, 0.717) is 6.04 Å². The van der Waals surface area contributed by atoms with Crippen LogP contribution < -0.4 is 0 Å². The first-order chi connectivity index (χ1) is 5.79. The molecule has 1 saturated heterocycles. The van der Waals surface area contributed by atoms with E-state index in [4.69, 9.17) is 0 Å². The van der Waals surface area contributed by atoms with Gasteiger partial charge in [-0.15, -0.1) is 0 Å². The van der Waals surface area contributed by atoms with Crippen molar-refractivity contribution in [2.45, 2.75) is 44.2 Å². The van der Waals surface area contributed by atoms with Gasteiger partial charge in [-0.05, 0) is 45.2 Å². The minimum absolute atomic E-state index is 0.0472. The highest BCUT2D eigenvalue weighted by atomic mass is 16.3. The van der Waals surface area contributed by atoms with Gasteiger partial charge >= 0.3 is 0 Å². The van der Waals surface area contributed by atoms with Gasteiger partial charge in [-0.2, -0.15) is 0 Å². The molecule has 1 aliphatic carbocycles. The molecular weight excluding hydrogens is 150 g/mol. The van der Waals surface area contributed by atoms with Gasteiger partial charge in [0.15, 0.2) is 0 Å². The van der Waals surface area contributed by atoms with Crippen LogP contribution in [0.5, 0.6) is 0 Å². The zero-order valence-electron chi connectivity index (χ0n) is 7.87. The predicted octanol–water partition coefficient (Wildman–Crippen LogP) is 1.24. The van der Waals surface area contributed by atoms with Gasteiger partial charge in [0, 0.05) is 6.04 Å². The minimum atomic E-state index is -0.0472. The monoisotopic (exact) mass is 169 g/mol. The number of fused-ring (bicyclic) bond motifs is 1. The van der Waals surface area contributed by atoms with Crippen LogP contribution in [0.2, 0.25) is 0 Å². The number of aliphatic hydroxyl groups excluding tert-OH is 1. The molecule has 2 heteroatoms. The van der Waals surface area contributed by atoms with E-state index in [-0.39, 0.29) is 6.10 Å². The first-order valence-corrected chi connectivity index (χ1v) is 5.17. The summed E-state index contributed by atoms with van der Waals surface area (Å²) in [5.74, 6) is 0.785. The SMILES string of the molecule is CN1CCCC2CCC[C@@H](O)[C@H]21. The van der Waals surface area contributed by atoms with E-state index in [0.717, 1.165) is 12.3 Å². The number of hydrogen-bond donors (Lipinski definition) is 1. The van der Waals surface area contributed by atoms with Crippen molar-refractivity contribution in [1.82, 2.24) is 4.90 Å². The summed E-state index contributed by atoms with van der Waals surface area (Å²) >= 11 is 0. The maximum atomic E-state index is 9.83. The molecule has 0 aromatic heterocycles. The zero-order chi connectivity index (χ0) is 8.55. The Labute approximate surface area is 74.6 Å². The molecule has 2 rings (SSSR count). The zero-order valence-corrected chi connectivity index (χ0v) is 7.87. The van der Waals surface area contributed by atoms with E-state index < -0.39 is 0 Å². The fourth-order valence-electron chi connectivity index (χ4n) is 2.97. The molecule has 70 valence electrons. The Hall–Kier alpha value is -0.0800. The smallest absolute Gasteiger partial charge is 0.0698 e. The summed E-state index contributed by atoms with van der Waals surface area (Å²) < 4.78 is 0. The van der Waals surface area contributed by atoms with Gasteiger partial charge in [-0.25, -0.2) is 0 Å². The topological polar surface area (TPSA) is 23.5 Å². The molecule has 1 unspecified atom stereocenters. The molecule has 2 fully saturated rings. The summed E-state index contributed by atoms with van der Waals surface area (Å²) in [6.45, 7) is 1.18. The second-order valence-electron chi connectivity index (χ2n) is 4.37. The first kappa shape index (κ1) is 8.52. The van der Waals surface area contributed by atoms with Crippen LogP contribution in [0.4, 0.5) is 0 Å². The highest BCUT2D eigenvalue weighted by Crippen LogP contribution is 2.34. The molecule has 1 N–H and O–H groups in total. The van der Waals surface area contributed by atoms with Crippen molar-refractivity contribution in [3.63, 3.8) is 0 Å². The van der Waals surface area contributed by atoms with Crippen LogP contribution in [0.1, 0.15) is 32.1 Å². The van der Waals surface area contributed by atoms with Crippen LogP contribution in [0.15, 0.2) is 0 Å². The molecular formula is C10H19NO. The lowest BCUT2D eigenvalue weighted by atomic mass is 9.77. The van der Waals surface area contributed by atoms with Gasteiger partial charge < -0.3 is 10.0 Å². The second kappa shape index (κ2) is 3.35. The quantitative estimate of drug-likeness (QED) is 0.590. The third kappa shape index (κ3) is 1.38. The summed E-state index contributed by atoms with van der Waals surface area (Å²) in [6.07, 6.45) is 6.21. The molecule has 2 aliphatic rings. The molecule has 2 nitrogen and oxygen atoms in total. The lowest BCUT2D eigenvalue weighted by Crippen LogP contribution is -2.51. The van der Waals surface area contributed by atoms with Gasteiger partial charge in [0.2, 0.25) is 0 Å². The summed E-state index contributed by atoms with van der Waals surface area (Å²) in [6, 6.07) is 0.479. The van der Waals surface area contributed by atoms with Crippen molar-refractivity contribution in [2.75, 3.05) is 13.6 Å². The Morgan fingerprint density at radius 1 is 1.17 bits per heavy atom. The molecule has 0 spiro atoms. The van der Waals surface area contributed by atoms with Crippen LogP contribution >= 0.6 is 0 Å². The average Bonchev–Trinajstić information content (AvgIpc) is 2.04. The van der Waals surface area contributed by atoms with Crippen LogP contribution in [0.3, 0.4) is 0 Å². The lowest BCUT2D eigenvalue weighted by molar-refractivity contribution is -0.0240. The Morgan fingerprint density at radius 3 is 2.67 bits per heavy atom. The van der Waals surface area contributed by atoms with E-state index >= 15 is 0 Å². The predicted molar refractivity (Wildman–Crippen MR) is 49.0 cm³/mol. The van der Waals surface area contributed by atoms with E-state index in [2.05, 4.69) is 11.9 Å². The molecule has 3 atom stereocenters. The molecule has 0 bridgehead atoms. The number of piperidine rings is 1. The molecule has 0 radical (unpaired) electrons. The normalized spacial score (nSPS) is 44.0. The van der Waals surface area contributed by atoms with Crippen molar-refractivity contribution < 1.29 is 5.11 Å². The number of nitrogens with zero attached hydrogens (tertiary/aromatic N) is 1. The lowest BCUT2D eigenvalue weighted by Gasteiger charge is -2.44. The van der Waals surface area contributed by atoms with Crippen LogP contribution in [-0.4, -0.2) is 35.7 Å². The Balaban J connectivity index is 2.07. The average molecular weight is 169 g/mol. The number of likely N-dealkylation sites (tertiary alicyclic amines) is 1. The Morgan fingerprint density at radius 2 is 1.92 bits per heavy atom. The van der Waals surface area contributed by atoms with Gasteiger partial charge in [-0.1, -0.05) is 6.42 Å². The van der Waals surface area contributed by atoms with E-state index in [1.54, 1.807) is 0 Å². The summed E-state index contributed by atoms with van der Waals surface area (Å²) in [7, 11) is 2.16. The summed E-state index contributed by atoms with van der Waals surface area (Å²) in [5, 5.41) is 9.83.